The van der Waals surface area contributed by atoms with Crippen molar-refractivity contribution in [1.29, 1.82) is 0 Å². The van der Waals surface area contributed by atoms with Gasteiger partial charge in [0.25, 0.3) is 0 Å². The molecule has 1 aromatic heterocycles. The predicted octanol–water partition coefficient (Wildman–Crippen LogP) is 5.17. The molecule has 1 aliphatic heterocycles. The summed E-state index contributed by atoms with van der Waals surface area (Å²) in [7, 11) is 4.00. The second-order valence-corrected chi connectivity index (χ2v) is 8.53. The Kier molecular flexibility index (Phi) is 6.92. The minimum Gasteiger partial charge on any atom is -0.493 e. The number of hydrogen-bond donors (Lipinski definition) is 0. The van der Waals surface area contributed by atoms with Crippen molar-refractivity contribution in [2.24, 2.45) is 0 Å². The number of anilines is 1. The number of hydrogen-bond acceptors (Lipinski definition) is 5. The van der Waals surface area contributed by atoms with Gasteiger partial charge in [0.15, 0.2) is 5.43 Å². The molecule has 0 radical (unpaired) electrons. The van der Waals surface area contributed by atoms with Gasteiger partial charge in [0.2, 0.25) is 0 Å². The molecule has 0 unspecified atom stereocenters. The van der Waals surface area contributed by atoms with Crippen LogP contribution >= 0.6 is 0 Å². The molecule has 0 amide bonds. The zero-order chi connectivity index (χ0) is 21.6. The third kappa shape index (κ3) is 5.47. The molecule has 4 rings (SSSR count). The summed E-state index contributed by atoms with van der Waals surface area (Å²) in [6.07, 6.45) is 6.22. The van der Waals surface area contributed by atoms with Gasteiger partial charge in [0.1, 0.15) is 17.1 Å². The second-order valence-electron chi connectivity index (χ2n) is 8.53. The zero-order valence-corrected chi connectivity index (χ0v) is 18.6. The molecule has 1 saturated heterocycles. The molecule has 5 nitrogen and oxygen atoms in total. The van der Waals surface area contributed by atoms with Crippen LogP contribution in [-0.2, 0) is 0 Å². The molecule has 0 bridgehead atoms. The van der Waals surface area contributed by atoms with Crippen LogP contribution in [0, 0.1) is 0 Å². The number of fused-ring (bicyclic) bond motifs is 1. The normalized spacial score (nSPS) is 14.6. The lowest BCUT2D eigenvalue weighted by Crippen LogP contribution is -2.30. The van der Waals surface area contributed by atoms with Gasteiger partial charge in [-0.05, 0) is 81.7 Å². The summed E-state index contributed by atoms with van der Waals surface area (Å²) in [5.74, 6) is 1.32. The van der Waals surface area contributed by atoms with Gasteiger partial charge in [-0.3, -0.25) is 4.79 Å². The van der Waals surface area contributed by atoms with Crippen molar-refractivity contribution in [3.63, 3.8) is 0 Å². The van der Waals surface area contributed by atoms with Crippen LogP contribution in [0.1, 0.15) is 32.1 Å². The van der Waals surface area contributed by atoms with E-state index >= 15 is 0 Å². The van der Waals surface area contributed by atoms with E-state index in [1.807, 2.05) is 55.4 Å². The van der Waals surface area contributed by atoms with Crippen molar-refractivity contribution in [3.05, 3.63) is 58.8 Å². The van der Waals surface area contributed by atoms with Crippen LogP contribution in [0.5, 0.6) is 5.75 Å². The van der Waals surface area contributed by atoms with Crippen molar-refractivity contribution < 1.29 is 9.15 Å². The summed E-state index contributed by atoms with van der Waals surface area (Å²) < 4.78 is 12.0. The van der Waals surface area contributed by atoms with Crippen molar-refractivity contribution in [2.45, 2.75) is 32.1 Å². The van der Waals surface area contributed by atoms with E-state index in [1.54, 1.807) is 12.1 Å². The van der Waals surface area contributed by atoms with Crippen LogP contribution in [0.4, 0.5) is 5.69 Å². The molecule has 0 atom stereocenters. The maximum Gasteiger partial charge on any atom is 0.193 e. The fourth-order valence-electron chi connectivity index (χ4n) is 4.10. The molecule has 31 heavy (non-hydrogen) atoms. The summed E-state index contributed by atoms with van der Waals surface area (Å²) in [4.78, 5) is 17.2. The fourth-order valence-corrected chi connectivity index (χ4v) is 4.10. The third-order valence-electron chi connectivity index (χ3n) is 5.95. The number of likely N-dealkylation sites (tertiary alicyclic amines) is 1. The molecule has 1 fully saturated rings. The quantitative estimate of drug-likeness (QED) is 0.471. The first-order valence-corrected chi connectivity index (χ1v) is 11.3. The van der Waals surface area contributed by atoms with Crippen LogP contribution in [0.2, 0.25) is 0 Å². The molecule has 0 saturated carbocycles. The molecule has 2 aromatic carbocycles. The van der Waals surface area contributed by atoms with Crippen molar-refractivity contribution in [1.82, 2.24) is 4.90 Å². The topological polar surface area (TPSA) is 45.9 Å². The Bertz CT molecular complexity index is 1050. The van der Waals surface area contributed by atoms with Crippen molar-refractivity contribution >= 4 is 16.7 Å². The van der Waals surface area contributed by atoms with Gasteiger partial charge in [0, 0.05) is 37.5 Å². The summed E-state index contributed by atoms with van der Waals surface area (Å²) in [6.45, 7) is 4.32. The highest BCUT2D eigenvalue weighted by atomic mass is 16.5. The summed E-state index contributed by atoms with van der Waals surface area (Å²) >= 11 is 0. The third-order valence-corrected chi connectivity index (χ3v) is 5.95. The van der Waals surface area contributed by atoms with E-state index in [0.717, 1.165) is 36.4 Å². The Hall–Kier alpha value is -2.79. The number of piperidine rings is 1. The van der Waals surface area contributed by atoms with E-state index in [0.29, 0.717) is 23.3 Å². The average molecular weight is 421 g/mol. The monoisotopic (exact) mass is 420 g/mol. The van der Waals surface area contributed by atoms with Gasteiger partial charge in [-0.15, -0.1) is 0 Å². The maximum atomic E-state index is 12.6. The molecular formula is C26H32N2O3. The molecule has 0 spiro atoms. The number of nitrogens with zero attached hydrogens (tertiary/aromatic N) is 2. The van der Waals surface area contributed by atoms with Crippen LogP contribution in [0.3, 0.4) is 0 Å². The highest BCUT2D eigenvalue weighted by molar-refractivity contribution is 5.80. The zero-order valence-electron chi connectivity index (χ0n) is 18.6. The number of unbranched alkanes of at least 4 members (excludes halogenated alkanes) is 1. The SMILES string of the molecule is CN(C)c1ccc(-c2cc(=O)c3ccc(OCCCCN4CCCCC4)cc3o2)cc1. The maximum absolute atomic E-state index is 12.6. The molecule has 3 aromatic rings. The highest BCUT2D eigenvalue weighted by Crippen LogP contribution is 2.26. The Labute approximate surface area is 184 Å². The molecule has 1 aliphatic rings. The lowest BCUT2D eigenvalue weighted by atomic mass is 10.1. The van der Waals surface area contributed by atoms with Gasteiger partial charge >= 0.3 is 0 Å². The van der Waals surface area contributed by atoms with Crippen LogP contribution in [0.25, 0.3) is 22.3 Å². The Morgan fingerprint density at radius 2 is 1.74 bits per heavy atom. The van der Waals surface area contributed by atoms with E-state index in [2.05, 4.69) is 4.90 Å². The summed E-state index contributed by atoms with van der Waals surface area (Å²) in [5, 5.41) is 0.575. The molecule has 0 N–H and O–H groups in total. The molecule has 2 heterocycles. The van der Waals surface area contributed by atoms with Crippen molar-refractivity contribution in [2.75, 3.05) is 45.2 Å². The smallest absolute Gasteiger partial charge is 0.193 e. The lowest BCUT2D eigenvalue weighted by Gasteiger charge is -2.26. The molecular weight excluding hydrogens is 388 g/mol. The Morgan fingerprint density at radius 3 is 2.48 bits per heavy atom. The van der Waals surface area contributed by atoms with Gasteiger partial charge in [-0.1, -0.05) is 6.42 Å². The average Bonchev–Trinajstić information content (AvgIpc) is 2.79. The van der Waals surface area contributed by atoms with Gasteiger partial charge in [-0.2, -0.15) is 0 Å². The van der Waals surface area contributed by atoms with Gasteiger partial charge < -0.3 is 19.0 Å². The first kappa shape index (κ1) is 21.4. The number of benzene rings is 2. The molecule has 0 aliphatic carbocycles. The van der Waals surface area contributed by atoms with Crippen LogP contribution < -0.4 is 15.1 Å². The Balaban J connectivity index is 1.40. The number of ether oxygens (including phenoxy) is 1. The molecule has 5 heteroatoms. The van der Waals surface area contributed by atoms with Crippen LogP contribution in [0.15, 0.2) is 57.7 Å². The van der Waals surface area contributed by atoms with E-state index in [-0.39, 0.29) is 5.43 Å². The van der Waals surface area contributed by atoms with Crippen LogP contribution in [-0.4, -0.2) is 45.2 Å². The van der Waals surface area contributed by atoms with E-state index in [4.69, 9.17) is 9.15 Å². The first-order valence-electron chi connectivity index (χ1n) is 11.3. The predicted molar refractivity (Wildman–Crippen MR) is 127 cm³/mol. The fraction of sp³-hybridized carbons (Fsp3) is 0.423. The first-order chi connectivity index (χ1) is 15.1. The summed E-state index contributed by atoms with van der Waals surface area (Å²) in [5.41, 5.74) is 2.50. The van der Waals surface area contributed by atoms with E-state index < -0.39 is 0 Å². The minimum atomic E-state index is -0.0407. The minimum absolute atomic E-state index is 0.0407. The largest absolute Gasteiger partial charge is 0.493 e. The second kappa shape index (κ2) is 10.0. The number of rotatable bonds is 8. The lowest BCUT2D eigenvalue weighted by molar-refractivity contribution is 0.216. The van der Waals surface area contributed by atoms with Gasteiger partial charge in [-0.25, -0.2) is 0 Å². The van der Waals surface area contributed by atoms with E-state index in [1.165, 1.54) is 32.4 Å². The van der Waals surface area contributed by atoms with Gasteiger partial charge in [0.05, 0.1) is 12.0 Å². The standard InChI is InChI=1S/C26H32N2O3/c1-27(2)21-10-8-20(9-11-21)25-19-24(29)23-13-12-22(18-26(23)31-25)30-17-7-6-16-28-14-4-3-5-15-28/h8-13,18-19H,3-7,14-17H2,1-2H3. The van der Waals surface area contributed by atoms with Crippen molar-refractivity contribution in [3.8, 4) is 17.1 Å². The molecule has 164 valence electrons. The van der Waals surface area contributed by atoms with E-state index in [9.17, 15) is 4.79 Å². The summed E-state index contributed by atoms with van der Waals surface area (Å²) in [6, 6.07) is 15.0. The highest BCUT2D eigenvalue weighted by Gasteiger charge is 2.10. The Morgan fingerprint density at radius 1 is 0.968 bits per heavy atom.